The van der Waals surface area contributed by atoms with Crippen LogP contribution in [-0.4, -0.2) is 53.1 Å². The predicted octanol–water partition coefficient (Wildman–Crippen LogP) is 13.6. The zero-order valence-corrected chi connectivity index (χ0v) is 35.9. The van der Waals surface area contributed by atoms with Gasteiger partial charge >= 0.3 is 0 Å². The fourth-order valence-electron chi connectivity index (χ4n) is 6.98. The Bertz CT molecular complexity index is 3020. The van der Waals surface area contributed by atoms with Gasteiger partial charge in [0.25, 0.3) is 0 Å². The fraction of sp³-hybridized carbons (Fsp3) is 0.238. The number of hydrogen-bond donors (Lipinski definition) is 2. The summed E-state index contributed by atoms with van der Waals surface area (Å²) in [5.74, 6) is 2.33. The maximum absolute atomic E-state index is 7.24. The molecule has 0 radical (unpaired) electrons. The molecule has 10 nitrogen and oxygen atoms in total. The molecule has 9 rings (SSSR count). The van der Waals surface area contributed by atoms with Crippen molar-refractivity contribution in [3.63, 3.8) is 0 Å². The van der Waals surface area contributed by atoms with E-state index >= 15 is 0 Å². The topological polar surface area (TPSA) is 127 Å². The third-order valence-corrected chi connectivity index (χ3v) is 12.4. The van der Waals surface area contributed by atoms with E-state index < -0.39 is 0 Å². The van der Waals surface area contributed by atoms with Crippen LogP contribution >= 0.6 is 69.6 Å². The largest absolute Gasteiger partial charge is 0.490 e. The maximum Gasteiger partial charge on any atom is 0.166 e. The average Bonchev–Trinajstić information content (AvgIpc) is 3.94. The van der Waals surface area contributed by atoms with Gasteiger partial charge in [-0.15, -0.1) is 0 Å². The number of rotatable bonds is 8. The van der Waals surface area contributed by atoms with Crippen LogP contribution in [0.2, 0.25) is 30.1 Å². The number of ether oxygens (including phenoxy) is 2. The molecule has 0 saturated carbocycles. The van der Waals surface area contributed by atoms with Crippen molar-refractivity contribution in [3.05, 3.63) is 78.7 Å². The average molecular weight is 893 g/mol. The molecule has 2 aliphatic rings. The standard InChI is InChI=1S/C42H32Cl6N8O2/c1-17(2)13-15-57-33-29(45)25-23(27(43)31(33)47)39-52-37-21-11-7-5-9-19(21)35(50-37)49-36-20-10-6-8-12-22(20)38(51-36)53-40-24-26(42(55-40)56-41(25)54-39)30(46)34(32(48)28(24)44)58-16-14-18(3)4/h5-12,17-18H,13-16H2,1-4H3,(H2,49,50,51,52,53,54,55,56). The normalized spacial score (nSPS) is 12.2. The molecular weight excluding hydrogens is 861 g/mol. The number of halogens is 6. The summed E-state index contributed by atoms with van der Waals surface area (Å²) in [5, 5.41) is 3.27. The van der Waals surface area contributed by atoms with Crippen LogP contribution in [-0.2, 0) is 0 Å². The number of nitrogens with zero attached hydrogens (tertiary/aromatic N) is 6. The highest BCUT2D eigenvalue weighted by Gasteiger charge is 2.32. The highest BCUT2D eigenvalue weighted by atomic mass is 35.5. The summed E-state index contributed by atoms with van der Waals surface area (Å²) in [6, 6.07) is 15.5. The summed E-state index contributed by atoms with van der Waals surface area (Å²) in [6.45, 7) is 9.10. The van der Waals surface area contributed by atoms with Gasteiger partial charge in [-0.3, -0.25) is 0 Å². The first-order chi connectivity index (χ1) is 27.9. The van der Waals surface area contributed by atoms with E-state index in [4.69, 9.17) is 109 Å². The van der Waals surface area contributed by atoms with E-state index in [1.54, 1.807) is 0 Å². The van der Waals surface area contributed by atoms with Gasteiger partial charge in [-0.2, -0.15) is 0 Å². The number of H-pyrrole nitrogens is 2. The minimum absolute atomic E-state index is 0.125. The molecule has 58 heavy (non-hydrogen) atoms. The molecule has 2 N–H and O–H groups in total. The van der Waals surface area contributed by atoms with E-state index in [-0.39, 0.29) is 64.6 Å². The fourth-order valence-corrected chi connectivity index (χ4v) is 8.75. The van der Waals surface area contributed by atoms with E-state index in [2.05, 4.69) is 37.7 Å². The van der Waals surface area contributed by atoms with E-state index in [0.717, 1.165) is 34.7 Å². The quantitative estimate of drug-likeness (QED) is 0.144. The maximum atomic E-state index is 7.24. The number of fused-ring (bicyclic) bond motifs is 20. The van der Waals surface area contributed by atoms with Gasteiger partial charge < -0.3 is 19.4 Å². The number of hydrogen-bond acceptors (Lipinski definition) is 8. The Morgan fingerprint density at radius 2 is 0.879 bits per heavy atom. The van der Waals surface area contributed by atoms with Crippen LogP contribution in [0.4, 0.5) is 0 Å². The van der Waals surface area contributed by atoms with Crippen molar-refractivity contribution in [2.24, 2.45) is 11.8 Å². The molecular formula is C42H32Cl6N8O2. The third kappa shape index (κ3) is 6.58. The second kappa shape index (κ2) is 15.3. The smallest absolute Gasteiger partial charge is 0.166 e. The Morgan fingerprint density at radius 3 is 1.45 bits per heavy atom. The highest BCUT2D eigenvalue weighted by molar-refractivity contribution is 6.51. The molecule has 294 valence electrons. The van der Waals surface area contributed by atoms with Gasteiger partial charge in [0.05, 0.1) is 55.2 Å². The second-order valence-electron chi connectivity index (χ2n) is 14.8. The van der Waals surface area contributed by atoms with Crippen LogP contribution in [0.15, 0.2) is 48.5 Å². The summed E-state index contributed by atoms with van der Waals surface area (Å²) in [7, 11) is 0. The summed E-state index contributed by atoms with van der Waals surface area (Å²) in [4.78, 5) is 36.9. The van der Waals surface area contributed by atoms with Crippen molar-refractivity contribution in [1.29, 1.82) is 0 Å². The molecule has 0 spiro atoms. The van der Waals surface area contributed by atoms with Gasteiger partial charge in [0.2, 0.25) is 0 Å². The number of aromatic amines is 2. The molecule has 8 bridgehead atoms. The minimum atomic E-state index is 0.125. The van der Waals surface area contributed by atoms with Crippen LogP contribution in [0.3, 0.4) is 0 Å². The van der Waals surface area contributed by atoms with Crippen LogP contribution in [0.5, 0.6) is 11.5 Å². The van der Waals surface area contributed by atoms with Crippen molar-refractivity contribution in [2.45, 2.75) is 40.5 Å². The third-order valence-electron chi connectivity index (χ3n) is 9.98. The Kier molecular flexibility index (Phi) is 10.3. The number of nitrogens with one attached hydrogen (secondary N) is 2. The lowest BCUT2D eigenvalue weighted by molar-refractivity contribution is 0.290. The molecule has 7 aromatic rings. The molecule has 0 atom stereocenters. The van der Waals surface area contributed by atoms with Crippen LogP contribution in [0, 0.1) is 11.8 Å². The van der Waals surface area contributed by atoms with Crippen molar-refractivity contribution in [1.82, 2.24) is 39.9 Å². The minimum Gasteiger partial charge on any atom is -0.490 e. The number of benzene rings is 4. The first-order valence-electron chi connectivity index (χ1n) is 18.6. The molecule has 4 aromatic carbocycles. The van der Waals surface area contributed by atoms with Gasteiger partial charge in [0.1, 0.15) is 32.6 Å². The van der Waals surface area contributed by atoms with Crippen LogP contribution in [0.1, 0.15) is 40.5 Å². The van der Waals surface area contributed by atoms with E-state index in [0.29, 0.717) is 69.9 Å². The van der Waals surface area contributed by atoms with Crippen molar-refractivity contribution < 1.29 is 9.47 Å². The lowest BCUT2D eigenvalue weighted by Gasteiger charge is -2.15. The van der Waals surface area contributed by atoms with Gasteiger partial charge in [-0.1, -0.05) is 146 Å². The van der Waals surface area contributed by atoms with Crippen molar-refractivity contribution in [2.75, 3.05) is 13.2 Å². The molecule has 0 fully saturated rings. The first-order valence-corrected chi connectivity index (χ1v) is 20.9. The van der Waals surface area contributed by atoms with Gasteiger partial charge in [0, 0.05) is 21.9 Å². The second-order valence-corrected chi connectivity index (χ2v) is 17.1. The van der Waals surface area contributed by atoms with E-state index in [1.807, 2.05) is 48.5 Å². The molecule has 3 aromatic heterocycles. The molecule has 16 heteroatoms. The SMILES string of the molecule is CC(C)CCOc1c(Cl)c(Cl)c2c(c1Cl)-c1nc-2nc2[nH]c(nc3nc(nc4[nH]c(n1)c1c(Cl)c(OCCC(C)C)c(Cl)c(Cl)c41)-c1ccccc1-3)c1ccccc21. The highest BCUT2D eigenvalue weighted by Crippen LogP contribution is 2.53. The Labute approximate surface area is 362 Å². The van der Waals surface area contributed by atoms with Crippen LogP contribution in [0.25, 0.3) is 89.7 Å². The zero-order chi connectivity index (χ0) is 40.6. The van der Waals surface area contributed by atoms with Crippen molar-refractivity contribution >= 4 is 114 Å². The molecule has 2 aliphatic heterocycles. The lowest BCUT2D eigenvalue weighted by atomic mass is 10.1. The van der Waals surface area contributed by atoms with E-state index in [1.165, 1.54) is 0 Å². The summed E-state index contributed by atoms with van der Waals surface area (Å²) in [6.07, 6.45) is 1.51. The Morgan fingerprint density at radius 1 is 0.466 bits per heavy atom. The summed E-state index contributed by atoms with van der Waals surface area (Å²) >= 11 is 42.6. The van der Waals surface area contributed by atoms with Gasteiger partial charge in [0.15, 0.2) is 34.8 Å². The zero-order valence-electron chi connectivity index (χ0n) is 31.4. The monoisotopic (exact) mass is 890 g/mol. The van der Waals surface area contributed by atoms with Crippen LogP contribution < -0.4 is 9.47 Å². The summed E-state index contributed by atoms with van der Waals surface area (Å²) in [5.41, 5.74) is 3.78. The lowest BCUT2D eigenvalue weighted by Crippen LogP contribution is -2.03. The molecule has 0 amide bonds. The Hall–Kier alpha value is -4.42. The molecule has 0 saturated heterocycles. The first kappa shape index (κ1) is 39.1. The summed E-state index contributed by atoms with van der Waals surface area (Å²) < 4.78 is 12.4. The van der Waals surface area contributed by atoms with Gasteiger partial charge in [-0.25, -0.2) is 29.9 Å². The van der Waals surface area contributed by atoms with Gasteiger partial charge in [-0.05, 0) is 24.7 Å². The van der Waals surface area contributed by atoms with E-state index in [9.17, 15) is 0 Å². The predicted molar refractivity (Wildman–Crippen MR) is 236 cm³/mol. The Balaban J connectivity index is 1.45. The molecule has 0 aliphatic carbocycles. The molecule has 5 heterocycles. The molecule has 0 unspecified atom stereocenters. The van der Waals surface area contributed by atoms with Crippen molar-refractivity contribution in [3.8, 4) is 57.1 Å². The number of aromatic nitrogens is 8.